The van der Waals surface area contributed by atoms with Crippen LogP contribution in [0.3, 0.4) is 0 Å². The van der Waals surface area contributed by atoms with Crippen LogP contribution < -0.4 is 5.73 Å². The highest BCUT2D eigenvalue weighted by molar-refractivity contribution is 6.56. The van der Waals surface area contributed by atoms with Crippen molar-refractivity contribution < 1.29 is 4.65 Å². The van der Waals surface area contributed by atoms with E-state index in [0.717, 1.165) is 53.7 Å². The van der Waals surface area contributed by atoms with Gasteiger partial charge in [-0.2, -0.15) is 0 Å². The van der Waals surface area contributed by atoms with Crippen LogP contribution >= 0.6 is 0 Å². The van der Waals surface area contributed by atoms with Crippen LogP contribution in [-0.4, -0.2) is 20.1 Å². The smallest absolute Gasteiger partial charge is 0.300 e. The van der Waals surface area contributed by atoms with E-state index in [1.807, 2.05) is 0 Å². The Morgan fingerprint density at radius 2 is 1.28 bits per heavy atom. The van der Waals surface area contributed by atoms with Gasteiger partial charge in [-0.3, -0.25) is 0 Å². The average molecular weight is 345 g/mol. The zero-order chi connectivity index (χ0) is 18.1. The van der Waals surface area contributed by atoms with Gasteiger partial charge in [0.1, 0.15) is 0 Å². The lowest BCUT2D eigenvalue weighted by Crippen LogP contribution is -2.42. The molecule has 3 heteroatoms. The highest BCUT2D eigenvalue weighted by Crippen LogP contribution is 2.75. The summed E-state index contributed by atoms with van der Waals surface area (Å²) in [7, 11) is 0. The maximum Gasteiger partial charge on any atom is 0.300 e. The lowest BCUT2D eigenvalue weighted by Gasteiger charge is -2.41. The van der Waals surface area contributed by atoms with Gasteiger partial charge >= 0.3 is 6.92 Å². The number of hydrogen-bond donors (Lipinski definition) is 1. The Hall–Kier alpha value is -0.0151. The molecule has 2 nitrogen and oxygen atoms in total. The molecular formula is C22H40BNO. The molecule has 0 heterocycles. The highest BCUT2D eigenvalue weighted by Gasteiger charge is 2.70. The predicted molar refractivity (Wildman–Crippen MR) is 107 cm³/mol. The lowest BCUT2D eigenvalue weighted by atomic mass is 9.37. The maximum atomic E-state index is 6.67. The van der Waals surface area contributed by atoms with Crippen LogP contribution in [0.5, 0.6) is 0 Å². The summed E-state index contributed by atoms with van der Waals surface area (Å²) in [4.78, 5) is 0. The van der Waals surface area contributed by atoms with Crippen LogP contribution in [0.1, 0.15) is 67.2 Å². The van der Waals surface area contributed by atoms with E-state index in [1.54, 1.807) is 0 Å². The van der Waals surface area contributed by atoms with E-state index in [9.17, 15) is 0 Å². The van der Waals surface area contributed by atoms with Crippen molar-refractivity contribution in [2.24, 2.45) is 52.1 Å². The van der Waals surface area contributed by atoms with Crippen LogP contribution in [0.25, 0.3) is 0 Å². The van der Waals surface area contributed by atoms with Crippen LogP contribution in [0.4, 0.5) is 0 Å². The van der Waals surface area contributed by atoms with Gasteiger partial charge < -0.3 is 10.4 Å². The number of fused-ring (bicyclic) bond motifs is 2. The molecular weight excluding hydrogens is 305 g/mol. The third-order valence-corrected chi connectivity index (χ3v) is 9.47. The molecule has 142 valence electrons. The first-order chi connectivity index (χ1) is 11.7. The van der Waals surface area contributed by atoms with E-state index >= 15 is 0 Å². The first-order valence-electron chi connectivity index (χ1n) is 11.0. The summed E-state index contributed by atoms with van der Waals surface area (Å²) in [5.74, 6) is 6.77. The minimum Gasteiger partial charge on any atom is -0.434 e. The van der Waals surface area contributed by atoms with Crippen LogP contribution in [0, 0.1) is 46.3 Å². The van der Waals surface area contributed by atoms with Crippen molar-refractivity contribution in [3.05, 3.63) is 0 Å². The molecule has 25 heavy (non-hydrogen) atoms. The average Bonchev–Trinajstić information content (AvgIpc) is 3.32. The monoisotopic (exact) mass is 345 g/mol. The molecule has 8 atom stereocenters. The van der Waals surface area contributed by atoms with Gasteiger partial charge in [-0.25, -0.2) is 0 Å². The standard InChI is InChI=1S/C22H40BNO/c1-13-7-9-15-17(21(15,3)4)19(13)23(25-12-11-24)20-14(2)8-10-16-18(20)22(16,5)6/h13-20H,7-12,24H2,1-6H3/t13-,14-,15+,16+,17+,18+,19+,20+/m0/s1. The fraction of sp³-hybridized carbons (Fsp3) is 1.00. The molecule has 4 rings (SSSR count). The zero-order valence-electron chi connectivity index (χ0n) is 17.4. The summed E-state index contributed by atoms with van der Waals surface area (Å²) in [5.41, 5.74) is 6.95. The van der Waals surface area contributed by atoms with Crippen LogP contribution in [0.2, 0.25) is 11.6 Å². The van der Waals surface area contributed by atoms with Gasteiger partial charge in [0, 0.05) is 13.2 Å². The molecule has 4 aliphatic rings. The van der Waals surface area contributed by atoms with Crippen molar-refractivity contribution in [2.45, 2.75) is 78.9 Å². The summed E-state index contributed by atoms with van der Waals surface area (Å²) >= 11 is 0. The fourth-order valence-electron chi connectivity index (χ4n) is 7.92. The minimum atomic E-state index is 0.442. The van der Waals surface area contributed by atoms with Gasteiger partial charge in [-0.05, 0) is 70.8 Å². The van der Waals surface area contributed by atoms with E-state index in [-0.39, 0.29) is 0 Å². The van der Waals surface area contributed by atoms with Gasteiger partial charge in [-0.15, -0.1) is 0 Å². The lowest BCUT2D eigenvalue weighted by molar-refractivity contribution is 0.241. The molecule has 0 spiro atoms. The van der Waals surface area contributed by atoms with Crippen LogP contribution in [-0.2, 0) is 4.65 Å². The second-order valence-corrected chi connectivity index (χ2v) is 11.3. The van der Waals surface area contributed by atoms with Crippen molar-refractivity contribution in [2.75, 3.05) is 13.2 Å². The molecule has 0 aromatic carbocycles. The first kappa shape index (κ1) is 18.4. The summed E-state index contributed by atoms with van der Waals surface area (Å²) in [6, 6.07) is 0. The molecule has 2 N–H and O–H groups in total. The molecule has 4 aliphatic carbocycles. The minimum absolute atomic E-state index is 0.442. The van der Waals surface area contributed by atoms with E-state index < -0.39 is 0 Å². The molecule has 0 amide bonds. The van der Waals surface area contributed by atoms with Crippen molar-refractivity contribution in [3.63, 3.8) is 0 Å². The number of nitrogens with two attached hydrogens (primary N) is 1. The quantitative estimate of drug-likeness (QED) is 0.704. The molecule has 4 fully saturated rings. The molecule has 0 unspecified atom stereocenters. The summed E-state index contributed by atoms with van der Waals surface area (Å²) in [6.07, 6.45) is 5.68. The van der Waals surface area contributed by atoms with Crippen molar-refractivity contribution in [1.82, 2.24) is 0 Å². The zero-order valence-corrected chi connectivity index (χ0v) is 17.4. The normalized spacial score (nSPS) is 49.1. The Balaban J connectivity index is 1.64. The van der Waals surface area contributed by atoms with Crippen molar-refractivity contribution in [3.8, 4) is 0 Å². The molecule has 0 radical (unpaired) electrons. The second-order valence-electron chi connectivity index (χ2n) is 11.3. The van der Waals surface area contributed by atoms with Crippen molar-refractivity contribution in [1.29, 1.82) is 0 Å². The van der Waals surface area contributed by atoms with Gasteiger partial charge in [0.25, 0.3) is 0 Å². The Morgan fingerprint density at radius 3 is 1.68 bits per heavy atom. The Labute approximate surface area is 156 Å². The van der Waals surface area contributed by atoms with E-state index in [1.165, 1.54) is 25.7 Å². The topological polar surface area (TPSA) is 35.2 Å². The first-order valence-corrected chi connectivity index (χ1v) is 11.0. The summed E-state index contributed by atoms with van der Waals surface area (Å²) in [6.45, 7) is 16.9. The third-order valence-electron chi connectivity index (χ3n) is 9.47. The number of hydrogen-bond acceptors (Lipinski definition) is 2. The van der Waals surface area contributed by atoms with Gasteiger partial charge in [0.2, 0.25) is 0 Å². The summed E-state index contributed by atoms with van der Waals surface area (Å²) in [5, 5.41) is 0. The Bertz CT molecular complexity index is 476. The summed E-state index contributed by atoms with van der Waals surface area (Å²) < 4.78 is 6.67. The molecule has 0 aromatic heterocycles. The molecule has 0 aromatic rings. The maximum absolute atomic E-state index is 6.67. The Morgan fingerprint density at radius 1 is 0.840 bits per heavy atom. The van der Waals surface area contributed by atoms with Gasteiger partial charge in [-0.1, -0.05) is 54.4 Å². The largest absolute Gasteiger partial charge is 0.434 e. The fourth-order valence-corrected chi connectivity index (χ4v) is 7.92. The molecule has 0 aliphatic heterocycles. The highest BCUT2D eigenvalue weighted by atomic mass is 16.4. The molecule has 4 saturated carbocycles. The van der Waals surface area contributed by atoms with Crippen LogP contribution in [0.15, 0.2) is 0 Å². The van der Waals surface area contributed by atoms with Crippen molar-refractivity contribution >= 4 is 6.92 Å². The van der Waals surface area contributed by atoms with Gasteiger partial charge in [0.15, 0.2) is 0 Å². The molecule has 0 saturated heterocycles. The predicted octanol–water partition coefficient (Wildman–Crippen LogP) is 5.10. The van der Waals surface area contributed by atoms with Gasteiger partial charge in [0.05, 0.1) is 0 Å². The van der Waals surface area contributed by atoms with E-state index in [4.69, 9.17) is 10.4 Å². The molecule has 0 bridgehead atoms. The van der Waals surface area contributed by atoms with E-state index in [0.29, 0.717) is 24.3 Å². The number of rotatable bonds is 5. The second kappa shape index (κ2) is 5.99. The van der Waals surface area contributed by atoms with E-state index in [2.05, 4.69) is 41.5 Å². The Kier molecular flexibility index (Phi) is 4.40. The third kappa shape index (κ3) is 2.66. The SMILES string of the molecule is C[C@H]1CC[C@@H]2[C@H]([C@@H]1B(OCCN)[C@H]1[C@H]3[C@@H](CC[C@@H]1C)C3(C)C)C2(C)C.